The number of ketones is 1. The summed E-state index contributed by atoms with van der Waals surface area (Å²) in [6.45, 7) is 20.0. The third-order valence-electron chi connectivity index (χ3n) is 3.26. The molecule has 24 heavy (non-hydrogen) atoms. The molecular formula is C20H43NO2Si. The first kappa shape index (κ1) is 25.6. The van der Waals surface area contributed by atoms with Crippen LogP contribution in [0.15, 0.2) is 11.8 Å². The lowest BCUT2D eigenvalue weighted by atomic mass is 9.93. The smallest absolute Gasteiger partial charge is 0.241 e. The summed E-state index contributed by atoms with van der Waals surface area (Å²) in [6, 6.07) is 0. The Bertz CT molecular complexity index is 358. The van der Waals surface area contributed by atoms with Crippen LogP contribution < -0.4 is 0 Å². The zero-order chi connectivity index (χ0) is 19.5. The van der Waals surface area contributed by atoms with Gasteiger partial charge in [-0.3, -0.25) is 4.79 Å². The summed E-state index contributed by atoms with van der Waals surface area (Å²) in [5, 5.41) is 0. The Morgan fingerprint density at radius 1 is 1.04 bits per heavy atom. The van der Waals surface area contributed by atoms with E-state index in [4.69, 9.17) is 4.43 Å². The van der Waals surface area contributed by atoms with Crippen molar-refractivity contribution in [3.63, 3.8) is 0 Å². The molecule has 144 valence electrons. The van der Waals surface area contributed by atoms with Gasteiger partial charge in [0.25, 0.3) is 0 Å². The fraction of sp³-hybridized carbons (Fsp3) is 0.850. The Hall–Kier alpha value is -0.613. The Labute approximate surface area is 153 Å². The lowest BCUT2D eigenvalue weighted by molar-refractivity contribution is -0.121. The molecule has 4 heteroatoms. The number of hydrogen-bond acceptors (Lipinski definition) is 3. The van der Waals surface area contributed by atoms with Crippen LogP contribution in [0.5, 0.6) is 0 Å². The molecule has 0 radical (unpaired) electrons. The van der Waals surface area contributed by atoms with Crippen LogP contribution in [0.25, 0.3) is 0 Å². The van der Waals surface area contributed by atoms with Crippen molar-refractivity contribution in [2.45, 2.75) is 74.0 Å². The Kier molecular flexibility index (Phi) is 13.6. The standard InChI is InChI=1S/C10H21NO.C10H22OSi/c1-8(2)6-10(9(3)12)7-11(4)5;1-9(2)7-8-10(3)11-12(4,5)6/h8,10H,6-7H2,1-5H3;8-9H,7H2,1-6H3. The monoisotopic (exact) mass is 357 g/mol. The second-order valence-electron chi connectivity index (χ2n) is 8.86. The van der Waals surface area contributed by atoms with Crippen LogP contribution in [0.4, 0.5) is 0 Å². The average Bonchev–Trinajstić information content (AvgIpc) is 2.33. The lowest BCUT2D eigenvalue weighted by Gasteiger charge is -2.19. The highest BCUT2D eigenvalue weighted by Gasteiger charge is 2.16. The van der Waals surface area contributed by atoms with Crippen LogP contribution in [0.1, 0.15) is 54.4 Å². The van der Waals surface area contributed by atoms with Gasteiger partial charge in [-0.1, -0.05) is 27.7 Å². The molecule has 0 amide bonds. The normalized spacial score (nSPS) is 13.8. The van der Waals surface area contributed by atoms with Crippen molar-refractivity contribution in [1.29, 1.82) is 0 Å². The molecule has 1 atom stereocenters. The van der Waals surface area contributed by atoms with Gasteiger partial charge < -0.3 is 9.33 Å². The van der Waals surface area contributed by atoms with Gasteiger partial charge in [-0.05, 0) is 78.3 Å². The van der Waals surface area contributed by atoms with Crippen molar-refractivity contribution in [2.75, 3.05) is 20.6 Å². The SMILES string of the molecule is CC(=CCC(C)C)O[Si](C)(C)C.CC(=O)C(CC(C)C)CN(C)C. The maximum atomic E-state index is 11.2. The molecule has 0 saturated carbocycles. The molecule has 0 aromatic rings. The highest BCUT2D eigenvalue weighted by atomic mass is 28.4. The number of Topliss-reactive ketones (excluding diaryl/α,β-unsaturated/α-hetero) is 1. The zero-order valence-corrected chi connectivity index (χ0v) is 19.2. The van der Waals surface area contributed by atoms with Crippen LogP contribution in [-0.4, -0.2) is 39.6 Å². The van der Waals surface area contributed by atoms with Crippen LogP contribution in [0.3, 0.4) is 0 Å². The van der Waals surface area contributed by atoms with Gasteiger partial charge in [-0.25, -0.2) is 0 Å². The van der Waals surface area contributed by atoms with Crippen molar-refractivity contribution in [2.24, 2.45) is 17.8 Å². The molecule has 0 heterocycles. The Morgan fingerprint density at radius 3 is 1.83 bits per heavy atom. The van der Waals surface area contributed by atoms with E-state index in [1.54, 1.807) is 6.92 Å². The van der Waals surface area contributed by atoms with E-state index in [9.17, 15) is 4.79 Å². The van der Waals surface area contributed by atoms with Crippen LogP contribution in [0.2, 0.25) is 19.6 Å². The molecule has 0 aromatic heterocycles. The Balaban J connectivity index is 0. The molecule has 0 aliphatic carbocycles. The second kappa shape index (κ2) is 12.7. The number of carbonyl (C=O) groups excluding carboxylic acids is 1. The van der Waals surface area contributed by atoms with Crippen molar-refractivity contribution < 1.29 is 9.22 Å². The van der Waals surface area contributed by atoms with Gasteiger partial charge in [0.05, 0.1) is 5.76 Å². The fourth-order valence-electron chi connectivity index (χ4n) is 2.31. The summed E-state index contributed by atoms with van der Waals surface area (Å²) in [4.78, 5) is 13.3. The van der Waals surface area contributed by atoms with Gasteiger partial charge in [0.2, 0.25) is 8.32 Å². The zero-order valence-electron chi connectivity index (χ0n) is 18.2. The Morgan fingerprint density at radius 2 is 1.54 bits per heavy atom. The number of allylic oxidation sites excluding steroid dienone is 2. The molecule has 0 aliphatic rings. The van der Waals surface area contributed by atoms with Gasteiger partial charge >= 0.3 is 0 Å². The van der Waals surface area contributed by atoms with Gasteiger partial charge in [-0.2, -0.15) is 0 Å². The highest BCUT2D eigenvalue weighted by molar-refractivity contribution is 6.70. The van der Waals surface area contributed by atoms with Gasteiger partial charge in [0.1, 0.15) is 5.78 Å². The fourth-order valence-corrected chi connectivity index (χ4v) is 3.35. The minimum Gasteiger partial charge on any atom is -0.548 e. The number of carbonyl (C=O) groups is 1. The molecule has 0 saturated heterocycles. The number of rotatable bonds is 9. The van der Waals surface area contributed by atoms with Crippen molar-refractivity contribution in [3.05, 3.63) is 11.8 Å². The van der Waals surface area contributed by atoms with Crippen molar-refractivity contribution >= 4 is 14.1 Å². The first-order valence-electron chi connectivity index (χ1n) is 9.25. The maximum absolute atomic E-state index is 11.2. The summed E-state index contributed by atoms with van der Waals surface area (Å²) in [5.74, 6) is 2.98. The summed E-state index contributed by atoms with van der Waals surface area (Å²) < 4.78 is 5.79. The van der Waals surface area contributed by atoms with E-state index in [-0.39, 0.29) is 5.92 Å². The first-order chi connectivity index (χ1) is 10.7. The predicted molar refractivity (Wildman–Crippen MR) is 110 cm³/mol. The molecular weight excluding hydrogens is 314 g/mol. The van der Waals surface area contributed by atoms with Crippen LogP contribution in [-0.2, 0) is 9.22 Å². The predicted octanol–water partition coefficient (Wildman–Crippen LogP) is 5.59. The molecule has 0 aromatic carbocycles. The minimum atomic E-state index is -1.36. The van der Waals surface area contributed by atoms with Gasteiger partial charge in [0, 0.05) is 12.5 Å². The minimum absolute atomic E-state index is 0.222. The summed E-state index contributed by atoms with van der Waals surface area (Å²) >= 11 is 0. The molecule has 0 N–H and O–H groups in total. The third kappa shape index (κ3) is 19.4. The van der Waals surface area contributed by atoms with E-state index >= 15 is 0 Å². The molecule has 3 nitrogen and oxygen atoms in total. The lowest BCUT2D eigenvalue weighted by Crippen LogP contribution is -2.27. The van der Waals surface area contributed by atoms with E-state index in [0.717, 1.165) is 31.1 Å². The van der Waals surface area contributed by atoms with E-state index in [2.05, 4.69) is 65.2 Å². The highest BCUT2D eigenvalue weighted by Crippen LogP contribution is 2.13. The van der Waals surface area contributed by atoms with E-state index in [0.29, 0.717) is 11.7 Å². The van der Waals surface area contributed by atoms with E-state index in [1.807, 2.05) is 14.1 Å². The molecule has 0 fully saturated rings. The number of hydrogen-bond donors (Lipinski definition) is 0. The van der Waals surface area contributed by atoms with E-state index < -0.39 is 8.32 Å². The molecule has 0 aliphatic heterocycles. The average molecular weight is 358 g/mol. The van der Waals surface area contributed by atoms with Gasteiger partial charge in [0.15, 0.2) is 0 Å². The largest absolute Gasteiger partial charge is 0.548 e. The molecule has 0 spiro atoms. The van der Waals surface area contributed by atoms with Gasteiger partial charge in [-0.15, -0.1) is 0 Å². The summed E-state index contributed by atoms with van der Waals surface area (Å²) in [7, 11) is 2.66. The number of nitrogens with zero attached hydrogens (tertiary/aromatic N) is 1. The second-order valence-corrected chi connectivity index (χ2v) is 13.3. The van der Waals surface area contributed by atoms with E-state index in [1.165, 1.54) is 0 Å². The first-order valence-corrected chi connectivity index (χ1v) is 12.7. The van der Waals surface area contributed by atoms with Crippen molar-refractivity contribution in [3.8, 4) is 0 Å². The van der Waals surface area contributed by atoms with Crippen LogP contribution >= 0.6 is 0 Å². The molecule has 0 rings (SSSR count). The maximum Gasteiger partial charge on any atom is 0.241 e. The quantitative estimate of drug-likeness (QED) is 0.398. The summed E-state index contributed by atoms with van der Waals surface area (Å²) in [5.41, 5.74) is 0. The summed E-state index contributed by atoms with van der Waals surface area (Å²) in [6.07, 6.45) is 4.33. The third-order valence-corrected chi connectivity index (χ3v) is 4.19. The van der Waals surface area contributed by atoms with Crippen molar-refractivity contribution in [1.82, 2.24) is 4.90 Å². The topological polar surface area (TPSA) is 29.5 Å². The molecule has 0 bridgehead atoms. The van der Waals surface area contributed by atoms with Crippen LogP contribution in [0, 0.1) is 17.8 Å². The molecule has 1 unspecified atom stereocenters.